The second-order valence-electron chi connectivity index (χ2n) is 4.02. The van der Waals surface area contributed by atoms with Gasteiger partial charge in [0.1, 0.15) is 10.6 Å². The fraction of sp³-hybridized carbons (Fsp3) is 0.0769. The van der Waals surface area contributed by atoms with Crippen LogP contribution in [0, 0.1) is 0 Å². The second kappa shape index (κ2) is 6.32. The molecule has 2 aromatic rings. The maximum Gasteiger partial charge on any atom is 0.263 e. The largest absolute Gasteiger partial charge is 0.495 e. The standard InChI is InChI=1S/C13H10Cl3NO3S/c1-20-12-4-2-9(15)7-11(12)17-21(18,19)13-5-3-8(14)6-10(13)16/h2-7,17H,1H3. The third-order valence-electron chi connectivity index (χ3n) is 2.59. The molecule has 0 aromatic heterocycles. The van der Waals surface area contributed by atoms with Crippen LogP contribution in [0.3, 0.4) is 0 Å². The van der Waals surface area contributed by atoms with Gasteiger partial charge in [-0.2, -0.15) is 0 Å². The zero-order valence-electron chi connectivity index (χ0n) is 10.7. The smallest absolute Gasteiger partial charge is 0.263 e. The topological polar surface area (TPSA) is 55.4 Å². The van der Waals surface area contributed by atoms with E-state index in [-0.39, 0.29) is 15.6 Å². The van der Waals surface area contributed by atoms with Crippen LogP contribution >= 0.6 is 34.8 Å². The van der Waals surface area contributed by atoms with Crippen molar-refractivity contribution in [1.82, 2.24) is 0 Å². The van der Waals surface area contributed by atoms with Crippen LogP contribution in [0.5, 0.6) is 5.75 Å². The molecular weight excluding hydrogens is 357 g/mol. The van der Waals surface area contributed by atoms with Gasteiger partial charge < -0.3 is 4.74 Å². The average molecular weight is 367 g/mol. The first-order valence-electron chi connectivity index (χ1n) is 5.65. The molecule has 0 heterocycles. The summed E-state index contributed by atoms with van der Waals surface area (Å²) in [5, 5.41) is 0.742. The molecular formula is C13H10Cl3NO3S. The van der Waals surface area contributed by atoms with Crippen LogP contribution in [0.1, 0.15) is 0 Å². The molecule has 4 nitrogen and oxygen atoms in total. The van der Waals surface area contributed by atoms with Crippen molar-refractivity contribution >= 4 is 50.5 Å². The normalized spacial score (nSPS) is 11.2. The Hall–Kier alpha value is -1.14. The highest BCUT2D eigenvalue weighted by Gasteiger charge is 2.20. The highest BCUT2D eigenvalue weighted by atomic mass is 35.5. The van der Waals surface area contributed by atoms with Crippen molar-refractivity contribution < 1.29 is 13.2 Å². The number of benzene rings is 2. The quantitative estimate of drug-likeness (QED) is 0.869. The Balaban J connectivity index is 2.44. The van der Waals surface area contributed by atoms with Gasteiger partial charge in [0, 0.05) is 10.0 Å². The van der Waals surface area contributed by atoms with Crippen LogP contribution in [0.2, 0.25) is 15.1 Å². The van der Waals surface area contributed by atoms with Crippen molar-refractivity contribution in [3.05, 3.63) is 51.5 Å². The second-order valence-corrected chi connectivity index (χ2v) is 6.96. The Kier molecular flexibility index (Phi) is 4.88. The molecule has 0 atom stereocenters. The predicted octanol–water partition coefficient (Wildman–Crippen LogP) is 4.46. The van der Waals surface area contributed by atoms with Crippen molar-refractivity contribution in [1.29, 1.82) is 0 Å². The van der Waals surface area contributed by atoms with E-state index in [1.165, 1.54) is 31.4 Å². The lowest BCUT2D eigenvalue weighted by Crippen LogP contribution is -2.14. The number of halogens is 3. The summed E-state index contributed by atoms with van der Waals surface area (Å²) in [6.07, 6.45) is 0. The SMILES string of the molecule is COc1ccc(Cl)cc1NS(=O)(=O)c1ccc(Cl)cc1Cl. The first-order valence-corrected chi connectivity index (χ1v) is 8.26. The maximum absolute atomic E-state index is 12.4. The van der Waals surface area contributed by atoms with Gasteiger partial charge in [0.25, 0.3) is 10.0 Å². The van der Waals surface area contributed by atoms with Crippen molar-refractivity contribution in [2.24, 2.45) is 0 Å². The lowest BCUT2D eigenvalue weighted by atomic mass is 10.3. The number of hydrogen-bond acceptors (Lipinski definition) is 3. The fourth-order valence-corrected chi connectivity index (χ4v) is 3.66. The van der Waals surface area contributed by atoms with Gasteiger partial charge in [-0.25, -0.2) is 8.42 Å². The summed E-state index contributed by atoms with van der Waals surface area (Å²) in [6, 6.07) is 8.72. The zero-order valence-corrected chi connectivity index (χ0v) is 13.8. The molecule has 0 fully saturated rings. The molecule has 0 saturated carbocycles. The van der Waals surface area contributed by atoms with Gasteiger partial charge in [0.2, 0.25) is 0 Å². The Morgan fingerprint density at radius 1 is 1.00 bits per heavy atom. The molecule has 8 heteroatoms. The van der Waals surface area contributed by atoms with E-state index in [1.54, 1.807) is 12.1 Å². The monoisotopic (exact) mass is 365 g/mol. The molecule has 2 rings (SSSR count). The fourth-order valence-electron chi connectivity index (χ4n) is 1.65. The van der Waals surface area contributed by atoms with Crippen molar-refractivity contribution in [3.63, 3.8) is 0 Å². The summed E-state index contributed by atoms with van der Waals surface area (Å²) in [7, 11) is -2.46. The van der Waals surface area contributed by atoms with E-state index in [0.717, 1.165) is 0 Å². The minimum absolute atomic E-state index is 0.0241. The molecule has 0 unspecified atom stereocenters. The number of sulfonamides is 1. The molecule has 21 heavy (non-hydrogen) atoms. The van der Waals surface area contributed by atoms with Gasteiger partial charge in [0.15, 0.2) is 0 Å². The number of rotatable bonds is 4. The van der Waals surface area contributed by atoms with Gasteiger partial charge in [-0.05, 0) is 36.4 Å². The molecule has 2 aromatic carbocycles. The minimum atomic E-state index is -3.89. The van der Waals surface area contributed by atoms with E-state index in [0.29, 0.717) is 15.8 Å². The summed E-state index contributed by atoms with van der Waals surface area (Å²) in [5.74, 6) is 0.341. The Morgan fingerprint density at radius 3 is 2.24 bits per heavy atom. The average Bonchev–Trinajstić information content (AvgIpc) is 2.37. The third kappa shape index (κ3) is 3.74. The number of nitrogens with one attached hydrogen (secondary N) is 1. The Morgan fingerprint density at radius 2 is 1.62 bits per heavy atom. The molecule has 0 amide bonds. The third-order valence-corrected chi connectivity index (χ3v) is 4.91. The predicted molar refractivity (Wildman–Crippen MR) is 85.3 cm³/mol. The molecule has 1 N–H and O–H groups in total. The summed E-state index contributed by atoms with van der Waals surface area (Å²) in [5.41, 5.74) is 0.219. The minimum Gasteiger partial charge on any atom is -0.495 e. The lowest BCUT2D eigenvalue weighted by molar-refractivity contribution is 0.417. The Labute approximate surface area is 137 Å². The van der Waals surface area contributed by atoms with Crippen molar-refractivity contribution in [2.75, 3.05) is 11.8 Å². The molecule has 0 bridgehead atoms. The van der Waals surface area contributed by atoms with E-state index in [1.807, 2.05) is 0 Å². The van der Waals surface area contributed by atoms with Crippen LogP contribution in [-0.4, -0.2) is 15.5 Å². The van der Waals surface area contributed by atoms with Crippen LogP contribution in [0.25, 0.3) is 0 Å². The van der Waals surface area contributed by atoms with Crippen molar-refractivity contribution in [2.45, 2.75) is 4.90 Å². The molecule has 0 aliphatic heterocycles. The number of hydrogen-bond donors (Lipinski definition) is 1. The van der Waals surface area contributed by atoms with E-state index >= 15 is 0 Å². The maximum atomic E-state index is 12.4. The van der Waals surface area contributed by atoms with Gasteiger partial charge in [-0.15, -0.1) is 0 Å². The van der Waals surface area contributed by atoms with Gasteiger partial charge >= 0.3 is 0 Å². The van der Waals surface area contributed by atoms with Gasteiger partial charge in [-0.1, -0.05) is 34.8 Å². The zero-order chi connectivity index (χ0) is 15.6. The van der Waals surface area contributed by atoms with Gasteiger partial charge in [-0.3, -0.25) is 4.72 Å². The first-order chi connectivity index (χ1) is 9.83. The number of methoxy groups -OCH3 is 1. The first kappa shape index (κ1) is 16.2. The molecule has 0 radical (unpaired) electrons. The van der Waals surface area contributed by atoms with Crippen LogP contribution < -0.4 is 9.46 Å². The molecule has 0 saturated heterocycles. The lowest BCUT2D eigenvalue weighted by Gasteiger charge is -2.13. The highest BCUT2D eigenvalue weighted by Crippen LogP contribution is 2.32. The van der Waals surface area contributed by atoms with Gasteiger partial charge in [0.05, 0.1) is 17.8 Å². The summed E-state index contributed by atoms with van der Waals surface area (Å²) >= 11 is 17.5. The van der Waals surface area contributed by atoms with Crippen molar-refractivity contribution in [3.8, 4) is 5.75 Å². The van der Waals surface area contributed by atoms with Crippen LogP contribution in [0.4, 0.5) is 5.69 Å². The summed E-state index contributed by atoms with van der Waals surface area (Å²) in [6.45, 7) is 0. The Bertz CT molecular complexity index is 778. The van der Waals surface area contributed by atoms with E-state index in [2.05, 4.69) is 4.72 Å². The van der Waals surface area contributed by atoms with E-state index in [4.69, 9.17) is 39.5 Å². The number of anilines is 1. The molecule has 0 spiro atoms. The summed E-state index contributed by atoms with van der Waals surface area (Å²) < 4.78 is 32.2. The molecule has 0 aliphatic rings. The molecule has 0 aliphatic carbocycles. The van der Waals surface area contributed by atoms with Crippen LogP contribution in [0.15, 0.2) is 41.3 Å². The van der Waals surface area contributed by atoms with E-state index < -0.39 is 10.0 Å². The number of ether oxygens (including phenoxy) is 1. The summed E-state index contributed by atoms with van der Waals surface area (Å²) in [4.78, 5) is -0.0874. The molecule has 112 valence electrons. The van der Waals surface area contributed by atoms with Crippen LogP contribution in [-0.2, 0) is 10.0 Å². The van der Waals surface area contributed by atoms with E-state index in [9.17, 15) is 8.42 Å². The highest BCUT2D eigenvalue weighted by molar-refractivity contribution is 7.92.